The van der Waals surface area contributed by atoms with Crippen molar-refractivity contribution in [2.45, 2.75) is 13.8 Å². The van der Waals surface area contributed by atoms with Gasteiger partial charge in [-0.05, 0) is 61.4 Å². The monoisotopic (exact) mass is 309 g/mol. The van der Waals surface area contributed by atoms with Gasteiger partial charge in [0.15, 0.2) is 5.76 Å². The minimum absolute atomic E-state index is 0.140. The van der Waals surface area contributed by atoms with Gasteiger partial charge >= 0.3 is 0 Å². The molecule has 2 aromatic carbocycles. The number of halogens is 1. The summed E-state index contributed by atoms with van der Waals surface area (Å²) in [5, 5.41) is 2.78. The van der Waals surface area contributed by atoms with Crippen LogP contribution < -0.4 is 5.32 Å². The number of amides is 1. The third-order valence-corrected chi connectivity index (χ3v) is 3.73. The standard InChI is InChI=1S/C19H16FNO2/c1-12-7-8-14(11-13(12)2)21-19(22)18-10-9-17(23-18)15-5-3-4-6-16(15)20/h3-11H,1-2H3,(H,21,22). The van der Waals surface area contributed by atoms with Gasteiger partial charge in [0.25, 0.3) is 5.91 Å². The Morgan fingerprint density at radius 3 is 2.52 bits per heavy atom. The van der Waals surface area contributed by atoms with Crippen molar-refractivity contribution >= 4 is 11.6 Å². The average molecular weight is 309 g/mol. The van der Waals surface area contributed by atoms with E-state index < -0.39 is 0 Å². The molecule has 1 N–H and O–H groups in total. The van der Waals surface area contributed by atoms with Gasteiger partial charge in [-0.25, -0.2) is 4.39 Å². The van der Waals surface area contributed by atoms with E-state index in [1.807, 2.05) is 32.0 Å². The number of furan rings is 1. The van der Waals surface area contributed by atoms with Crippen LogP contribution in [0.5, 0.6) is 0 Å². The lowest BCUT2D eigenvalue weighted by Gasteiger charge is -2.06. The fourth-order valence-electron chi connectivity index (χ4n) is 2.28. The summed E-state index contributed by atoms with van der Waals surface area (Å²) in [5.74, 6) is -0.284. The van der Waals surface area contributed by atoms with Gasteiger partial charge in [-0.15, -0.1) is 0 Å². The van der Waals surface area contributed by atoms with Gasteiger partial charge in [0.2, 0.25) is 0 Å². The molecule has 1 amide bonds. The summed E-state index contributed by atoms with van der Waals surface area (Å²) in [6.45, 7) is 3.99. The first kappa shape index (κ1) is 15.0. The molecule has 0 fully saturated rings. The van der Waals surface area contributed by atoms with E-state index in [-0.39, 0.29) is 17.5 Å². The minimum Gasteiger partial charge on any atom is -0.451 e. The molecule has 0 aliphatic rings. The van der Waals surface area contributed by atoms with Crippen LogP contribution >= 0.6 is 0 Å². The highest BCUT2D eigenvalue weighted by molar-refractivity contribution is 6.02. The van der Waals surface area contributed by atoms with Gasteiger partial charge < -0.3 is 9.73 Å². The molecule has 0 saturated carbocycles. The van der Waals surface area contributed by atoms with Crippen molar-refractivity contribution < 1.29 is 13.6 Å². The van der Waals surface area contributed by atoms with E-state index in [1.54, 1.807) is 24.3 Å². The maximum Gasteiger partial charge on any atom is 0.291 e. The van der Waals surface area contributed by atoms with E-state index in [1.165, 1.54) is 12.1 Å². The van der Waals surface area contributed by atoms with Gasteiger partial charge in [0.05, 0.1) is 5.56 Å². The molecule has 0 bridgehead atoms. The predicted molar refractivity (Wildman–Crippen MR) is 88.0 cm³/mol. The number of carbonyl (C=O) groups is 1. The van der Waals surface area contributed by atoms with Crippen molar-refractivity contribution in [3.8, 4) is 11.3 Å². The van der Waals surface area contributed by atoms with E-state index >= 15 is 0 Å². The number of hydrogen-bond acceptors (Lipinski definition) is 2. The fourth-order valence-corrected chi connectivity index (χ4v) is 2.28. The van der Waals surface area contributed by atoms with Crippen molar-refractivity contribution in [3.63, 3.8) is 0 Å². The topological polar surface area (TPSA) is 42.2 Å². The Hall–Kier alpha value is -2.88. The average Bonchev–Trinajstić information content (AvgIpc) is 3.01. The highest BCUT2D eigenvalue weighted by Crippen LogP contribution is 2.25. The summed E-state index contributed by atoms with van der Waals surface area (Å²) >= 11 is 0. The van der Waals surface area contributed by atoms with Crippen molar-refractivity contribution in [2.24, 2.45) is 0 Å². The molecular weight excluding hydrogens is 293 g/mol. The third-order valence-electron chi connectivity index (χ3n) is 3.73. The van der Waals surface area contributed by atoms with E-state index in [9.17, 15) is 9.18 Å². The predicted octanol–water partition coefficient (Wildman–Crippen LogP) is 4.95. The molecule has 3 rings (SSSR count). The van der Waals surface area contributed by atoms with E-state index in [2.05, 4.69) is 5.32 Å². The number of rotatable bonds is 3. The van der Waals surface area contributed by atoms with Crippen LogP contribution in [0, 0.1) is 19.7 Å². The van der Waals surface area contributed by atoms with Gasteiger partial charge in [-0.2, -0.15) is 0 Å². The number of anilines is 1. The van der Waals surface area contributed by atoms with Crippen molar-refractivity contribution in [1.29, 1.82) is 0 Å². The maximum atomic E-state index is 13.8. The van der Waals surface area contributed by atoms with E-state index in [0.29, 0.717) is 17.0 Å². The first-order valence-electron chi connectivity index (χ1n) is 7.28. The second kappa shape index (κ2) is 6.08. The quantitative estimate of drug-likeness (QED) is 0.743. The van der Waals surface area contributed by atoms with Crippen LogP contribution in [0.15, 0.2) is 59.0 Å². The first-order valence-corrected chi connectivity index (χ1v) is 7.28. The summed E-state index contributed by atoms with van der Waals surface area (Å²) in [4.78, 5) is 12.2. The van der Waals surface area contributed by atoms with Crippen LogP contribution in [0.1, 0.15) is 21.7 Å². The van der Waals surface area contributed by atoms with Crippen molar-refractivity contribution in [2.75, 3.05) is 5.32 Å². The Kier molecular flexibility index (Phi) is 3.98. The Bertz CT molecular complexity index is 867. The maximum absolute atomic E-state index is 13.8. The number of benzene rings is 2. The van der Waals surface area contributed by atoms with Crippen molar-refractivity contribution in [1.82, 2.24) is 0 Å². The summed E-state index contributed by atoms with van der Waals surface area (Å²) < 4.78 is 19.2. The van der Waals surface area contributed by atoms with E-state index in [0.717, 1.165) is 11.1 Å². The number of aryl methyl sites for hydroxylation is 2. The normalized spacial score (nSPS) is 10.6. The molecule has 0 radical (unpaired) electrons. The summed E-state index contributed by atoms with van der Waals surface area (Å²) in [7, 11) is 0. The number of hydrogen-bond donors (Lipinski definition) is 1. The van der Waals surface area contributed by atoms with Crippen LogP contribution in [0.25, 0.3) is 11.3 Å². The smallest absolute Gasteiger partial charge is 0.291 e. The largest absolute Gasteiger partial charge is 0.451 e. The van der Waals surface area contributed by atoms with E-state index in [4.69, 9.17) is 4.42 Å². The Labute approximate surface area is 133 Å². The molecule has 1 aromatic heterocycles. The Morgan fingerprint density at radius 1 is 1.00 bits per heavy atom. The molecule has 0 saturated heterocycles. The Morgan fingerprint density at radius 2 is 1.78 bits per heavy atom. The van der Waals surface area contributed by atoms with Crippen LogP contribution in [0.2, 0.25) is 0 Å². The molecule has 3 nitrogen and oxygen atoms in total. The van der Waals surface area contributed by atoms with Gasteiger partial charge in [0.1, 0.15) is 11.6 Å². The molecule has 4 heteroatoms. The second-order valence-corrected chi connectivity index (χ2v) is 5.40. The van der Waals surface area contributed by atoms with Gasteiger partial charge in [-0.3, -0.25) is 4.79 Å². The van der Waals surface area contributed by atoms with Crippen molar-refractivity contribution in [3.05, 3.63) is 77.3 Å². The molecule has 0 aliphatic carbocycles. The SMILES string of the molecule is Cc1ccc(NC(=O)c2ccc(-c3ccccc3F)o2)cc1C. The zero-order valence-corrected chi connectivity index (χ0v) is 12.9. The van der Waals surface area contributed by atoms with Gasteiger partial charge in [-0.1, -0.05) is 18.2 Å². The zero-order chi connectivity index (χ0) is 16.4. The number of nitrogens with one attached hydrogen (secondary N) is 1. The molecule has 0 aliphatic heterocycles. The molecule has 23 heavy (non-hydrogen) atoms. The molecule has 0 atom stereocenters. The summed E-state index contributed by atoms with van der Waals surface area (Å²) in [5.41, 5.74) is 3.27. The lowest BCUT2D eigenvalue weighted by atomic mass is 10.1. The van der Waals surface area contributed by atoms with Crippen LogP contribution in [-0.2, 0) is 0 Å². The molecule has 116 valence electrons. The van der Waals surface area contributed by atoms with Crippen LogP contribution in [0.4, 0.5) is 10.1 Å². The molecule has 0 spiro atoms. The second-order valence-electron chi connectivity index (χ2n) is 5.40. The molecular formula is C19H16FNO2. The molecule has 1 heterocycles. The first-order chi connectivity index (χ1) is 11.0. The molecule has 3 aromatic rings. The third kappa shape index (κ3) is 3.16. The van der Waals surface area contributed by atoms with Crippen LogP contribution in [0.3, 0.4) is 0 Å². The highest BCUT2D eigenvalue weighted by Gasteiger charge is 2.14. The number of carbonyl (C=O) groups excluding carboxylic acids is 1. The summed E-state index contributed by atoms with van der Waals surface area (Å²) in [6, 6.07) is 15.1. The zero-order valence-electron chi connectivity index (χ0n) is 12.9. The van der Waals surface area contributed by atoms with Gasteiger partial charge in [0, 0.05) is 5.69 Å². The summed E-state index contributed by atoms with van der Waals surface area (Å²) in [6.07, 6.45) is 0. The lowest BCUT2D eigenvalue weighted by Crippen LogP contribution is -2.11. The Balaban J connectivity index is 1.81. The molecule has 0 unspecified atom stereocenters. The fraction of sp³-hybridized carbons (Fsp3) is 0.105. The highest BCUT2D eigenvalue weighted by atomic mass is 19.1. The minimum atomic E-state index is -0.386. The lowest BCUT2D eigenvalue weighted by molar-refractivity contribution is 0.0997. The van der Waals surface area contributed by atoms with Crippen LogP contribution in [-0.4, -0.2) is 5.91 Å².